The van der Waals surface area contributed by atoms with Gasteiger partial charge in [0.25, 0.3) is 5.91 Å². The second kappa shape index (κ2) is 10.2. The standard InChI is InChI=1S/C24H21F3N4O3S2/c1-5-30(23-29-18(13-36-23)24(25,26)27)21(32)19-16(28-22-31(19)11-12-35-22)10-9-15-7-6-8-17(33-4)20(15)34-14(2)3/h6-13H,2,5H2,1,3-4H3. The lowest BCUT2D eigenvalue weighted by atomic mass is 10.1. The van der Waals surface area contributed by atoms with Gasteiger partial charge in [0, 0.05) is 29.1 Å². The number of carbonyl (C=O) groups excluding carboxylic acids is 1. The molecule has 0 fully saturated rings. The number of thiazole rings is 2. The van der Waals surface area contributed by atoms with E-state index in [1.807, 2.05) is 6.07 Å². The summed E-state index contributed by atoms with van der Waals surface area (Å²) in [5.74, 6) is 0.905. The van der Waals surface area contributed by atoms with Crippen molar-refractivity contribution in [3.63, 3.8) is 0 Å². The third-order valence-corrected chi connectivity index (χ3v) is 6.61. The fraction of sp³-hybridized carbons (Fsp3) is 0.208. The third kappa shape index (κ3) is 5.00. The molecule has 0 radical (unpaired) electrons. The first-order valence-electron chi connectivity index (χ1n) is 10.6. The second-order valence-electron chi connectivity index (χ2n) is 7.48. The zero-order valence-electron chi connectivity index (χ0n) is 19.5. The molecule has 0 N–H and O–H groups in total. The van der Waals surface area contributed by atoms with Gasteiger partial charge in [-0.2, -0.15) is 13.2 Å². The lowest BCUT2D eigenvalue weighted by Gasteiger charge is -2.17. The lowest BCUT2D eigenvalue weighted by molar-refractivity contribution is -0.140. The van der Waals surface area contributed by atoms with Gasteiger partial charge in [-0.1, -0.05) is 18.7 Å². The molecule has 7 nitrogen and oxygen atoms in total. The minimum absolute atomic E-state index is 0.0418. The molecule has 0 spiro atoms. The summed E-state index contributed by atoms with van der Waals surface area (Å²) in [7, 11) is 1.52. The molecule has 0 aliphatic carbocycles. The quantitative estimate of drug-likeness (QED) is 0.237. The first kappa shape index (κ1) is 25.5. The number of hydrogen-bond acceptors (Lipinski definition) is 7. The molecule has 0 atom stereocenters. The number of allylic oxidation sites excluding steroid dienone is 1. The Morgan fingerprint density at radius 1 is 1.25 bits per heavy atom. The van der Waals surface area contributed by atoms with Gasteiger partial charge < -0.3 is 9.47 Å². The number of carbonyl (C=O) groups is 1. The number of rotatable bonds is 8. The molecule has 0 aliphatic heterocycles. The number of amides is 1. The van der Waals surface area contributed by atoms with E-state index in [9.17, 15) is 18.0 Å². The summed E-state index contributed by atoms with van der Waals surface area (Å²) < 4.78 is 52.0. The number of methoxy groups -OCH3 is 1. The average molecular weight is 535 g/mol. The Bertz CT molecular complexity index is 1450. The maximum atomic E-state index is 13.6. The van der Waals surface area contributed by atoms with Crippen LogP contribution in [0.4, 0.5) is 18.3 Å². The van der Waals surface area contributed by atoms with Gasteiger partial charge in [0.1, 0.15) is 5.69 Å². The van der Waals surface area contributed by atoms with Gasteiger partial charge in [0.2, 0.25) is 0 Å². The molecule has 0 bridgehead atoms. The van der Waals surface area contributed by atoms with Crippen LogP contribution in [0.3, 0.4) is 0 Å². The number of imidazole rings is 1. The minimum Gasteiger partial charge on any atom is -0.493 e. The Labute approximate surface area is 212 Å². The van der Waals surface area contributed by atoms with Crippen LogP contribution in [0, 0.1) is 0 Å². The monoisotopic (exact) mass is 534 g/mol. The summed E-state index contributed by atoms with van der Waals surface area (Å²) in [6.45, 7) is 7.28. The Kier molecular flexibility index (Phi) is 7.18. The van der Waals surface area contributed by atoms with Crippen molar-refractivity contribution in [2.75, 3.05) is 18.6 Å². The van der Waals surface area contributed by atoms with Crippen LogP contribution in [0.1, 0.15) is 41.3 Å². The van der Waals surface area contributed by atoms with Crippen LogP contribution >= 0.6 is 22.7 Å². The van der Waals surface area contributed by atoms with Gasteiger partial charge in [-0.3, -0.25) is 14.1 Å². The van der Waals surface area contributed by atoms with Crippen LogP contribution in [0.5, 0.6) is 11.5 Å². The lowest BCUT2D eigenvalue weighted by Crippen LogP contribution is -2.32. The second-order valence-corrected chi connectivity index (χ2v) is 9.19. The number of nitrogens with zero attached hydrogens (tertiary/aromatic N) is 4. The van der Waals surface area contributed by atoms with E-state index in [0.717, 1.165) is 16.7 Å². The summed E-state index contributed by atoms with van der Waals surface area (Å²) in [6.07, 6.45) is 0.480. The smallest absolute Gasteiger partial charge is 0.434 e. The number of aromatic nitrogens is 3. The van der Waals surface area contributed by atoms with E-state index in [4.69, 9.17) is 9.47 Å². The van der Waals surface area contributed by atoms with Crippen LogP contribution in [0.25, 0.3) is 17.1 Å². The van der Waals surface area contributed by atoms with Crippen molar-refractivity contribution in [2.45, 2.75) is 20.0 Å². The Morgan fingerprint density at radius 2 is 2.03 bits per heavy atom. The highest BCUT2D eigenvalue weighted by molar-refractivity contribution is 7.15. The molecule has 12 heteroatoms. The maximum Gasteiger partial charge on any atom is 0.434 e. The molecule has 1 aromatic carbocycles. The fourth-order valence-corrected chi connectivity index (χ4v) is 5.03. The minimum atomic E-state index is -4.59. The molecule has 3 aromatic heterocycles. The molecular formula is C24H21F3N4O3S2. The van der Waals surface area contributed by atoms with E-state index in [2.05, 4.69) is 16.5 Å². The molecule has 188 valence electrons. The third-order valence-electron chi connectivity index (χ3n) is 4.99. The van der Waals surface area contributed by atoms with Gasteiger partial charge in [0.15, 0.2) is 27.3 Å². The molecule has 3 heterocycles. The van der Waals surface area contributed by atoms with E-state index >= 15 is 0 Å². The molecule has 36 heavy (non-hydrogen) atoms. The van der Waals surface area contributed by atoms with E-state index in [0.29, 0.717) is 33.5 Å². The number of benzene rings is 1. The molecule has 0 saturated carbocycles. The zero-order chi connectivity index (χ0) is 26.0. The first-order valence-corrected chi connectivity index (χ1v) is 12.4. The van der Waals surface area contributed by atoms with E-state index < -0.39 is 17.8 Å². The van der Waals surface area contributed by atoms with E-state index in [1.165, 1.54) is 23.3 Å². The van der Waals surface area contributed by atoms with Crippen molar-refractivity contribution < 1.29 is 27.4 Å². The first-order chi connectivity index (χ1) is 17.1. The van der Waals surface area contributed by atoms with Gasteiger partial charge in [-0.25, -0.2) is 9.97 Å². The fourth-order valence-electron chi connectivity index (χ4n) is 3.42. The van der Waals surface area contributed by atoms with Gasteiger partial charge in [0.05, 0.1) is 18.6 Å². The van der Waals surface area contributed by atoms with Crippen molar-refractivity contribution in [1.29, 1.82) is 0 Å². The summed E-state index contributed by atoms with van der Waals surface area (Å²) >= 11 is 2.09. The molecule has 1 amide bonds. The summed E-state index contributed by atoms with van der Waals surface area (Å²) in [5, 5.41) is 2.63. The molecule has 0 unspecified atom stereocenters. The maximum absolute atomic E-state index is 13.6. The zero-order valence-corrected chi connectivity index (χ0v) is 21.1. The number of anilines is 1. The van der Waals surface area contributed by atoms with Crippen molar-refractivity contribution >= 4 is 50.8 Å². The molecule has 0 aliphatic rings. The highest BCUT2D eigenvalue weighted by atomic mass is 32.1. The van der Waals surface area contributed by atoms with Crippen molar-refractivity contribution in [2.24, 2.45) is 0 Å². The summed E-state index contributed by atoms with van der Waals surface area (Å²) in [6, 6.07) is 5.35. The highest BCUT2D eigenvalue weighted by Crippen LogP contribution is 2.35. The summed E-state index contributed by atoms with van der Waals surface area (Å²) in [5.41, 5.74) is 0.181. The molecule has 0 saturated heterocycles. The van der Waals surface area contributed by atoms with Gasteiger partial charge in [-0.15, -0.1) is 22.7 Å². The van der Waals surface area contributed by atoms with Crippen LogP contribution < -0.4 is 14.4 Å². The predicted molar refractivity (Wildman–Crippen MR) is 135 cm³/mol. The number of alkyl halides is 3. The topological polar surface area (TPSA) is 69.0 Å². The van der Waals surface area contributed by atoms with Crippen molar-refractivity contribution in [1.82, 2.24) is 14.4 Å². The van der Waals surface area contributed by atoms with E-state index in [1.54, 1.807) is 54.1 Å². The van der Waals surface area contributed by atoms with Crippen molar-refractivity contribution in [3.05, 3.63) is 70.1 Å². The number of para-hydroxylation sites is 1. The van der Waals surface area contributed by atoms with Crippen LogP contribution in [-0.4, -0.2) is 33.9 Å². The van der Waals surface area contributed by atoms with Gasteiger partial charge in [-0.05, 0) is 32.1 Å². The molecule has 4 rings (SSSR count). The molecular weight excluding hydrogens is 513 g/mol. The number of hydrogen-bond donors (Lipinski definition) is 0. The molecule has 4 aromatic rings. The highest BCUT2D eigenvalue weighted by Gasteiger charge is 2.35. The number of fused-ring (bicyclic) bond motifs is 1. The SMILES string of the molecule is C=C(C)Oc1c(C=Cc2nc3sccn3c2C(=O)N(CC)c2nc(C(F)(F)F)cs2)cccc1OC. The number of halogens is 3. The Morgan fingerprint density at radius 3 is 2.67 bits per heavy atom. The van der Waals surface area contributed by atoms with Crippen molar-refractivity contribution in [3.8, 4) is 11.5 Å². The number of ether oxygens (including phenoxy) is 2. The average Bonchev–Trinajstić information content (AvgIpc) is 3.54. The van der Waals surface area contributed by atoms with Crippen LogP contribution in [-0.2, 0) is 6.18 Å². The Balaban J connectivity index is 1.76. The summed E-state index contributed by atoms with van der Waals surface area (Å²) in [4.78, 5) is 23.6. The van der Waals surface area contributed by atoms with Crippen LogP contribution in [0.15, 0.2) is 47.5 Å². The Hall–Kier alpha value is -3.64. The normalized spacial score (nSPS) is 11.8. The van der Waals surface area contributed by atoms with Gasteiger partial charge >= 0.3 is 6.18 Å². The van der Waals surface area contributed by atoms with Crippen LogP contribution in [0.2, 0.25) is 0 Å². The largest absolute Gasteiger partial charge is 0.493 e. The predicted octanol–water partition coefficient (Wildman–Crippen LogP) is 6.63. The van der Waals surface area contributed by atoms with E-state index in [-0.39, 0.29) is 17.4 Å².